The predicted molar refractivity (Wildman–Crippen MR) is 67.4 cm³/mol. The lowest BCUT2D eigenvalue weighted by atomic mass is 9.84. The van der Waals surface area contributed by atoms with Crippen molar-refractivity contribution in [3.8, 4) is 5.75 Å². The quantitative estimate of drug-likeness (QED) is 0.817. The highest BCUT2D eigenvalue weighted by Gasteiger charge is 2.29. The van der Waals surface area contributed by atoms with Crippen LogP contribution in [0.15, 0.2) is 24.3 Å². The molecular formula is C14H20O3. The van der Waals surface area contributed by atoms with Gasteiger partial charge in [0.2, 0.25) is 0 Å². The van der Waals surface area contributed by atoms with Crippen LogP contribution >= 0.6 is 0 Å². The van der Waals surface area contributed by atoms with Gasteiger partial charge < -0.3 is 9.84 Å². The van der Waals surface area contributed by atoms with Crippen molar-refractivity contribution in [1.29, 1.82) is 0 Å². The fourth-order valence-corrected chi connectivity index (χ4v) is 1.46. The predicted octanol–water partition coefficient (Wildman–Crippen LogP) is 2.68. The molecule has 3 heteroatoms. The van der Waals surface area contributed by atoms with Crippen molar-refractivity contribution in [2.45, 2.75) is 33.8 Å². The van der Waals surface area contributed by atoms with Gasteiger partial charge in [0, 0.05) is 5.56 Å². The molecule has 0 fully saturated rings. The molecule has 0 saturated carbocycles. The standard InChI is InChI=1S/C14H20O3/c1-5-17-11-8-6-7-10(9-11)12(15)13(16)14(2,3)4/h6-9,13,16H,5H2,1-4H3. The minimum absolute atomic E-state index is 0.265. The molecule has 0 aliphatic carbocycles. The number of carbonyl (C=O) groups excluding carboxylic acids is 1. The lowest BCUT2D eigenvalue weighted by molar-refractivity contribution is 0.0442. The molecule has 1 rings (SSSR count). The molecule has 0 radical (unpaired) electrons. The Morgan fingerprint density at radius 3 is 2.59 bits per heavy atom. The number of rotatable bonds is 4. The Kier molecular flexibility index (Phi) is 4.29. The summed E-state index contributed by atoms with van der Waals surface area (Å²) in [6, 6.07) is 6.91. The molecule has 1 N–H and O–H groups in total. The van der Waals surface area contributed by atoms with Crippen LogP contribution in [0.25, 0.3) is 0 Å². The third-order valence-corrected chi connectivity index (χ3v) is 2.50. The van der Waals surface area contributed by atoms with Gasteiger partial charge in [-0.25, -0.2) is 0 Å². The van der Waals surface area contributed by atoms with E-state index in [1.54, 1.807) is 24.3 Å². The molecule has 94 valence electrons. The average Bonchev–Trinajstić information content (AvgIpc) is 2.27. The molecule has 1 unspecified atom stereocenters. The molecule has 1 atom stereocenters. The number of ketones is 1. The molecule has 0 saturated heterocycles. The smallest absolute Gasteiger partial charge is 0.191 e. The summed E-state index contributed by atoms with van der Waals surface area (Å²) < 4.78 is 5.33. The van der Waals surface area contributed by atoms with E-state index in [0.717, 1.165) is 0 Å². The van der Waals surface area contributed by atoms with Crippen molar-refractivity contribution in [2.75, 3.05) is 6.61 Å². The van der Waals surface area contributed by atoms with Gasteiger partial charge in [-0.3, -0.25) is 4.79 Å². The molecule has 1 aromatic rings. The van der Waals surface area contributed by atoms with Gasteiger partial charge in [0.1, 0.15) is 11.9 Å². The van der Waals surface area contributed by atoms with Crippen molar-refractivity contribution in [3.05, 3.63) is 29.8 Å². The first-order chi connectivity index (χ1) is 7.86. The first-order valence-electron chi connectivity index (χ1n) is 5.81. The second-order valence-corrected chi connectivity index (χ2v) is 5.09. The zero-order valence-electron chi connectivity index (χ0n) is 10.9. The number of benzene rings is 1. The third-order valence-electron chi connectivity index (χ3n) is 2.50. The first-order valence-corrected chi connectivity index (χ1v) is 5.81. The molecule has 0 spiro atoms. The van der Waals surface area contributed by atoms with Crippen LogP contribution in [0, 0.1) is 5.41 Å². The maximum Gasteiger partial charge on any atom is 0.191 e. The Morgan fingerprint density at radius 2 is 2.06 bits per heavy atom. The number of hydrogen-bond donors (Lipinski definition) is 1. The van der Waals surface area contributed by atoms with Crippen LogP contribution in [0.5, 0.6) is 5.75 Å². The highest BCUT2D eigenvalue weighted by molar-refractivity contribution is 6.00. The highest BCUT2D eigenvalue weighted by Crippen LogP contribution is 2.24. The number of aliphatic hydroxyl groups is 1. The summed E-state index contributed by atoms with van der Waals surface area (Å²) in [4.78, 5) is 12.0. The lowest BCUT2D eigenvalue weighted by Crippen LogP contribution is -2.34. The van der Waals surface area contributed by atoms with Crippen LogP contribution < -0.4 is 4.74 Å². The molecule has 17 heavy (non-hydrogen) atoms. The van der Waals surface area contributed by atoms with E-state index in [1.165, 1.54) is 0 Å². The van der Waals surface area contributed by atoms with E-state index < -0.39 is 11.5 Å². The van der Waals surface area contributed by atoms with Crippen LogP contribution in [0.1, 0.15) is 38.1 Å². The van der Waals surface area contributed by atoms with E-state index in [-0.39, 0.29) is 5.78 Å². The van der Waals surface area contributed by atoms with Crippen LogP contribution in [-0.2, 0) is 0 Å². The minimum Gasteiger partial charge on any atom is -0.494 e. The topological polar surface area (TPSA) is 46.5 Å². The molecule has 1 aromatic carbocycles. The molecule has 0 aromatic heterocycles. The molecule has 0 aliphatic heterocycles. The van der Waals surface area contributed by atoms with Gasteiger partial charge in [-0.05, 0) is 24.5 Å². The number of ether oxygens (including phenoxy) is 1. The largest absolute Gasteiger partial charge is 0.494 e. The molecule has 3 nitrogen and oxygen atoms in total. The SMILES string of the molecule is CCOc1cccc(C(=O)C(O)C(C)(C)C)c1. The summed E-state index contributed by atoms with van der Waals surface area (Å²) >= 11 is 0. The zero-order chi connectivity index (χ0) is 13.1. The summed E-state index contributed by atoms with van der Waals surface area (Å²) in [6.07, 6.45) is -1.00. The van der Waals surface area contributed by atoms with E-state index in [4.69, 9.17) is 4.74 Å². The molecule has 0 amide bonds. The van der Waals surface area contributed by atoms with E-state index in [0.29, 0.717) is 17.9 Å². The van der Waals surface area contributed by atoms with Crippen molar-refractivity contribution < 1.29 is 14.6 Å². The lowest BCUT2D eigenvalue weighted by Gasteiger charge is -2.24. The maximum atomic E-state index is 12.0. The van der Waals surface area contributed by atoms with E-state index in [2.05, 4.69) is 0 Å². The normalized spacial score (nSPS) is 13.2. The Bertz CT molecular complexity index is 391. The second-order valence-electron chi connectivity index (χ2n) is 5.09. The Morgan fingerprint density at radius 1 is 1.41 bits per heavy atom. The zero-order valence-corrected chi connectivity index (χ0v) is 10.9. The van der Waals surface area contributed by atoms with Gasteiger partial charge in [0.25, 0.3) is 0 Å². The fraction of sp³-hybridized carbons (Fsp3) is 0.500. The van der Waals surface area contributed by atoms with Gasteiger partial charge in [0.05, 0.1) is 6.61 Å². The van der Waals surface area contributed by atoms with Crippen LogP contribution in [0.2, 0.25) is 0 Å². The van der Waals surface area contributed by atoms with Crippen LogP contribution in [-0.4, -0.2) is 23.6 Å². The van der Waals surface area contributed by atoms with Crippen molar-refractivity contribution in [3.63, 3.8) is 0 Å². The van der Waals surface area contributed by atoms with Crippen molar-refractivity contribution in [2.24, 2.45) is 5.41 Å². The summed E-state index contributed by atoms with van der Waals surface area (Å²) in [5, 5.41) is 9.94. The molecule has 0 heterocycles. The maximum absolute atomic E-state index is 12.0. The van der Waals surface area contributed by atoms with Crippen LogP contribution in [0.3, 0.4) is 0 Å². The van der Waals surface area contributed by atoms with E-state index in [9.17, 15) is 9.90 Å². The number of Topliss-reactive ketones (excluding diaryl/α,β-unsaturated/α-hetero) is 1. The van der Waals surface area contributed by atoms with E-state index >= 15 is 0 Å². The average molecular weight is 236 g/mol. The Hall–Kier alpha value is -1.35. The summed E-state index contributed by atoms with van der Waals surface area (Å²) in [5.74, 6) is 0.388. The first kappa shape index (κ1) is 13.7. The molecule has 0 bridgehead atoms. The van der Waals surface area contributed by atoms with Gasteiger partial charge >= 0.3 is 0 Å². The molecular weight excluding hydrogens is 216 g/mol. The third kappa shape index (κ3) is 3.56. The Labute approximate surface area is 102 Å². The molecule has 0 aliphatic rings. The monoisotopic (exact) mass is 236 g/mol. The number of aliphatic hydroxyl groups excluding tert-OH is 1. The van der Waals surface area contributed by atoms with Crippen LogP contribution in [0.4, 0.5) is 0 Å². The number of carbonyl (C=O) groups is 1. The summed E-state index contributed by atoms with van der Waals surface area (Å²) in [5.41, 5.74) is 0.0250. The van der Waals surface area contributed by atoms with Crippen molar-refractivity contribution in [1.82, 2.24) is 0 Å². The highest BCUT2D eigenvalue weighted by atomic mass is 16.5. The van der Waals surface area contributed by atoms with Crippen molar-refractivity contribution >= 4 is 5.78 Å². The fourth-order valence-electron chi connectivity index (χ4n) is 1.46. The van der Waals surface area contributed by atoms with Gasteiger partial charge in [0.15, 0.2) is 5.78 Å². The van der Waals surface area contributed by atoms with Gasteiger partial charge in [-0.15, -0.1) is 0 Å². The summed E-state index contributed by atoms with van der Waals surface area (Å²) in [6.45, 7) is 7.95. The Balaban J connectivity index is 2.93. The minimum atomic E-state index is -1.00. The summed E-state index contributed by atoms with van der Waals surface area (Å²) in [7, 11) is 0. The van der Waals surface area contributed by atoms with Gasteiger partial charge in [-0.1, -0.05) is 32.9 Å². The van der Waals surface area contributed by atoms with E-state index in [1.807, 2.05) is 27.7 Å². The number of hydrogen-bond acceptors (Lipinski definition) is 3. The second kappa shape index (κ2) is 5.32. The van der Waals surface area contributed by atoms with Gasteiger partial charge in [-0.2, -0.15) is 0 Å².